The van der Waals surface area contributed by atoms with Crippen LogP contribution in [-0.2, 0) is 19.2 Å². The monoisotopic (exact) mass is 146 g/mol. The Morgan fingerprint density at radius 1 is 1.00 bits per heavy atom. The van der Waals surface area contributed by atoms with Crippen molar-refractivity contribution in [3.8, 4) is 0 Å². The third kappa shape index (κ3) is 2.22. The molecular weight excluding hydrogens is 136 g/mol. The quantitative estimate of drug-likeness (QED) is 0.232. The molecule has 2 heterocycles. The van der Waals surface area contributed by atoms with Crippen LogP contribution in [0.15, 0.2) is 0 Å². The first kappa shape index (κ1) is 6.54. The smallest absolute Gasteiger partial charge is 0.111 e. The molecule has 0 saturated carbocycles. The zero-order valence-corrected chi connectivity index (χ0v) is 5.62. The van der Waals surface area contributed by atoms with Crippen molar-refractivity contribution in [2.24, 2.45) is 0 Å². The van der Waals surface area contributed by atoms with E-state index in [-0.39, 0.29) is 12.2 Å². The van der Waals surface area contributed by atoms with Crippen LogP contribution in [0.1, 0.15) is 0 Å². The minimum atomic E-state index is 0.278. The normalized spacial score (nSPS) is 36.0. The fourth-order valence-electron chi connectivity index (χ4n) is 0.577. The van der Waals surface area contributed by atoms with E-state index in [0.29, 0.717) is 13.2 Å². The van der Waals surface area contributed by atoms with Gasteiger partial charge in [0.25, 0.3) is 0 Å². The molecule has 2 atom stereocenters. The first-order valence-corrected chi connectivity index (χ1v) is 3.43. The molecule has 0 aliphatic carbocycles. The van der Waals surface area contributed by atoms with E-state index in [4.69, 9.17) is 19.2 Å². The average molecular weight is 146 g/mol. The van der Waals surface area contributed by atoms with Gasteiger partial charge >= 0.3 is 0 Å². The second-order valence-corrected chi connectivity index (χ2v) is 2.48. The Morgan fingerprint density at radius 3 is 1.70 bits per heavy atom. The van der Waals surface area contributed by atoms with E-state index in [9.17, 15) is 0 Å². The molecule has 0 spiro atoms. The fraction of sp³-hybridized carbons (Fsp3) is 1.00. The highest BCUT2D eigenvalue weighted by Crippen LogP contribution is 2.11. The van der Waals surface area contributed by atoms with E-state index in [1.165, 1.54) is 0 Å². The average Bonchev–Trinajstić information content (AvgIpc) is 2.77. The molecule has 2 fully saturated rings. The van der Waals surface area contributed by atoms with Crippen molar-refractivity contribution >= 4 is 0 Å². The van der Waals surface area contributed by atoms with Crippen LogP contribution in [0.4, 0.5) is 0 Å². The van der Waals surface area contributed by atoms with E-state index in [1.807, 2.05) is 0 Å². The first-order valence-electron chi connectivity index (χ1n) is 3.43. The number of rotatable bonds is 5. The zero-order valence-electron chi connectivity index (χ0n) is 5.62. The maximum Gasteiger partial charge on any atom is 0.111 e. The van der Waals surface area contributed by atoms with Gasteiger partial charge in [-0.1, -0.05) is 0 Å². The molecule has 58 valence electrons. The largest absolute Gasteiger partial charge is 0.370 e. The van der Waals surface area contributed by atoms with Crippen LogP contribution in [-0.4, -0.2) is 38.6 Å². The summed E-state index contributed by atoms with van der Waals surface area (Å²) < 4.78 is 9.79. The van der Waals surface area contributed by atoms with Crippen LogP contribution in [0.25, 0.3) is 0 Å². The number of ether oxygens (including phenoxy) is 2. The molecule has 2 saturated heterocycles. The zero-order chi connectivity index (χ0) is 6.81. The molecule has 0 aromatic rings. The molecule has 4 heteroatoms. The lowest BCUT2D eigenvalue weighted by molar-refractivity contribution is -0.297. The molecule has 2 aliphatic heterocycles. The van der Waals surface area contributed by atoms with Crippen LogP contribution in [0.5, 0.6) is 0 Å². The van der Waals surface area contributed by atoms with Crippen LogP contribution in [0, 0.1) is 0 Å². The minimum Gasteiger partial charge on any atom is -0.370 e. The predicted molar refractivity (Wildman–Crippen MR) is 31.4 cm³/mol. The molecule has 2 unspecified atom stereocenters. The Kier molecular flexibility index (Phi) is 1.86. The van der Waals surface area contributed by atoms with Gasteiger partial charge in [-0.15, -0.1) is 0 Å². The molecule has 10 heavy (non-hydrogen) atoms. The Morgan fingerprint density at radius 2 is 1.40 bits per heavy atom. The van der Waals surface area contributed by atoms with Crippen molar-refractivity contribution in [2.45, 2.75) is 12.2 Å². The molecule has 2 rings (SSSR count). The van der Waals surface area contributed by atoms with Gasteiger partial charge in [0.2, 0.25) is 0 Å². The van der Waals surface area contributed by atoms with E-state index in [1.54, 1.807) is 0 Å². The van der Waals surface area contributed by atoms with E-state index < -0.39 is 0 Å². The van der Waals surface area contributed by atoms with Gasteiger partial charge in [0.15, 0.2) is 0 Å². The summed E-state index contributed by atoms with van der Waals surface area (Å²) in [6.45, 7) is 2.71. The summed E-state index contributed by atoms with van der Waals surface area (Å²) in [5.41, 5.74) is 0. The Labute approximate surface area is 58.9 Å². The summed E-state index contributed by atoms with van der Waals surface area (Å²) in [5, 5.41) is 0. The third-order valence-corrected chi connectivity index (χ3v) is 1.40. The second kappa shape index (κ2) is 2.84. The van der Waals surface area contributed by atoms with Gasteiger partial charge in [0.05, 0.1) is 13.2 Å². The maximum absolute atomic E-state index is 4.89. The number of epoxide rings is 2. The molecule has 2 aliphatic rings. The summed E-state index contributed by atoms with van der Waals surface area (Å²) in [4.78, 5) is 9.61. The van der Waals surface area contributed by atoms with Gasteiger partial charge < -0.3 is 9.47 Å². The topological polar surface area (TPSA) is 43.5 Å². The Balaban J connectivity index is 1.40. The molecule has 0 aromatic carbocycles. The molecule has 4 nitrogen and oxygen atoms in total. The van der Waals surface area contributed by atoms with Crippen molar-refractivity contribution in [1.82, 2.24) is 0 Å². The van der Waals surface area contributed by atoms with Gasteiger partial charge in [-0.05, 0) is 0 Å². The minimum absolute atomic E-state index is 0.278. The van der Waals surface area contributed by atoms with Crippen molar-refractivity contribution in [3.05, 3.63) is 0 Å². The lowest BCUT2D eigenvalue weighted by atomic mass is 10.5. The number of hydrogen-bond acceptors (Lipinski definition) is 4. The van der Waals surface area contributed by atoms with Gasteiger partial charge in [0, 0.05) is 0 Å². The molecule has 0 amide bonds. The first-order chi connectivity index (χ1) is 4.95. The van der Waals surface area contributed by atoms with Gasteiger partial charge in [0.1, 0.15) is 25.4 Å². The van der Waals surface area contributed by atoms with Crippen molar-refractivity contribution in [1.29, 1.82) is 0 Å². The van der Waals surface area contributed by atoms with E-state index >= 15 is 0 Å². The van der Waals surface area contributed by atoms with Crippen LogP contribution in [0.2, 0.25) is 0 Å². The van der Waals surface area contributed by atoms with Crippen LogP contribution in [0.3, 0.4) is 0 Å². The summed E-state index contributed by atoms with van der Waals surface area (Å²) in [7, 11) is 0. The molecule has 0 N–H and O–H groups in total. The molecule has 0 radical (unpaired) electrons. The van der Waals surface area contributed by atoms with Crippen LogP contribution >= 0.6 is 0 Å². The third-order valence-electron chi connectivity index (χ3n) is 1.40. The summed E-state index contributed by atoms with van der Waals surface area (Å²) >= 11 is 0. The van der Waals surface area contributed by atoms with Crippen molar-refractivity contribution in [2.75, 3.05) is 26.4 Å². The van der Waals surface area contributed by atoms with Crippen molar-refractivity contribution in [3.63, 3.8) is 0 Å². The Bertz CT molecular complexity index is 94.3. The van der Waals surface area contributed by atoms with Crippen molar-refractivity contribution < 1.29 is 19.2 Å². The van der Waals surface area contributed by atoms with E-state index in [0.717, 1.165) is 13.2 Å². The highest BCUT2D eigenvalue weighted by Gasteiger charge is 2.25. The van der Waals surface area contributed by atoms with Gasteiger partial charge in [-0.3, -0.25) is 0 Å². The second-order valence-electron chi connectivity index (χ2n) is 2.48. The Hall–Kier alpha value is -0.160. The predicted octanol–water partition coefficient (Wildman–Crippen LogP) is -0.268. The van der Waals surface area contributed by atoms with Gasteiger partial charge in [-0.2, -0.15) is 0 Å². The summed E-state index contributed by atoms with van der Waals surface area (Å²) in [6.07, 6.45) is 0.556. The molecule has 0 aromatic heterocycles. The van der Waals surface area contributed by atoms with Gasteiger partial charge in [-0.25, -0.2) is 9.78 Å². The maximum atomic E-state index is 4.89. The summed E-state index contributed by atoms with van der Waals surface area (Å²) in [6, 6.07) is 0. The molecule has 0 bridgehead atoms. The highest BCUT2D eigenvalue weighted by atomic mass is 17.2. The van der Waals surface area contributed by atoms with Crippen LogP contribution < -0.4 is 0 Å². The standard InChI is InChI=1S/C6H10O4/c1-5(7-1)3-9-10-4-6-2-8-6/h5-6H,1-4H2. The summed E-state index contributed by atoms with van der Waals surface area (Å²) in [5.74, 6) is 0. The highest BCUT2D eigenvalue weighted by molar-refractivity contribution is 4.67. The lowest BCUT2D eigenvalue weighted by Gasteiger charge is -1.97. The number of hydrogen-bond donors (Lipinski definition) is 0. The SMILES string of the molecule is C(OOCC1CO1)C1CO1. The molecular formula is C6H10O4. The van der Waals surface area contributed by atoms with E-state index in [2.05, 4.69) is 0 Å². The lowest BCUT2D eigenvalue weighted by Crippen LogP contribution is -2.06. The fourth-order valence-corrected chi connectivity index (χ4v) is 0.577.